The molecule has 1 fully saturated rings. The summed E-state index contributed by atoms with van der Waals surface area (Å²) >= 11 is 0. The van der Waals surface area contributed by atoms with Gasteiger partial charge in [0.05, 0.1) is 19.8 Å². The predicted octanol–water partition coefficient (Wildman–Crippen LogP) is 3.34. The Bertz CT molecular complexity index is 1110. The maximum absolute atomic E-state index is 13.4. The summed E-state index contributed by atoms with van der Waals surface area (Å²) in [6.45, 7) is 9.05. The Labute approximate surface area is 214 Å². The fraction of sp³-hybridized carbons (Fsp3) is 0.448. The monoisotopic (exact) mass is 492 g/mol. The van der Waals surface area contributed by atoms with E-state index in [-0.39, 0.29) is 24.5 Å². The Morgan fingerprint density at radius 3 is 2.53 bits per heavy atom. The number of hydrogen-bond acceptors (Lipinski definition) is 5. The van der Waals surface area contributed by atoms with Gasteiger partial charge in [-0.2, -0.15) is 0 Å². The van der Waals surface area contributed by atoms with E-state index in [4.69, 9.17) is 9.47 Å². The smallest absolute Gasteiger partial charge is 0.254 e. The van der Waals surface area contributed by atoms with Gasteiger partial charge in [0.25, 0.3) is 5.91 Å². The lowest BCUT2D eigenvalue weighted by molar-refractivity contribution is -0.132. The molecule has 2 aromatic carbocycles. The number of benzene rings is 2. The molecule has 36 heavy (non-hydrogen) atoms. The van der Waals surface area contributed by atoms with E-state index in [1.807, 2.05) is 24.3 Å². The molecule has 192 valence electrons. The molecule has 1 N–H and O–H groups in total. The van der Waals surface area contributed by atoms with Crippen LogP contribution in [0.4, 0.5) is 0 Å². The highest BCUT2D eigenvalue weighted by atomic mass is 16.5. The van der Waals surface area contributed by atoms with Gasteiger partial charge in [-0.05, 0) is 61.7 Å². The molecule has 0 aliphatic carbocycles. The minimum atomic E-state index is -1.09. The zero-order valence-electron chi connectivity index (χ0n) is 21.8. The zero-order chi connectivity index (χ0) is 26.3. The van der Waals surface area contributed by atoms with E-state index in [0.717, 1.165) is 11.3 Å². The lowest BCUT2D eigenvalue weighted by Gasteiger charge is -2.26. The number of methoxy groups -OCH3 is 1. The van der Waals surface area contributed by atoms with Crippen LogP contribution < -0.4 is 4.74 Å². The van der Waals surface area contributed by atoms with Crippen molar-refractivity contribution >= 4 is 11.8 Å². The van der Waals surface area contributed by atoms with Gasteiger partial charge in [0, 0.05) is 30.8 Å². The molecule has 0 saturated carbocycles. The number of carbonyl (C=O) groups excluding carboxylic acids is 2. The maximum atomic E-state index is 13.4. The summed E-state index contributed by atoms with van der Waals surface area (Å²) in [4.78, 5) is 29.8. The van der Waals surface area contributed by atoms with Crippen molar-refractivity contribution in [3.63, 3.8) is 0 Å². The van der Waals surface area contributed by atoms with Crippen molar-refractivity contribution in [3.8, 4) is 17.6 Å². The second-order valence-electron chi connectivity index (χ2n) is 10.0. The van der Waals surface area contributed by atoms with Crippen LogP contribution in [0.3, 0.4) is 0 Å². The number of nitrogens with zero attached hydrogens (tertiary/aromatic N) is 2. The van der Waals surface area contributed by atoms with Crippen LogP contribution in [-0.4, -0.2) is 71.7 Å². The Morgan fingerprint density at radius 2 is 1.89 bits per heavy atom. The molecule has 0 radical (unpaired) electrons. The first-order valence-electron chi connectivity index (χ1n) is 12.2. The topological polar surface area (TPSA) is 79.3 Å². The van der Waals surface area contributed by atoms with Crippen molar-refractivity contribution in [1.29, 1.82) is 0 Å². The van der Waals surface area contributed by atoms with Gasteiger partial charge < -0.3 is 24.4 Å². The summed E-state index contributed by atoms with van der Waals surface area (Å²) in [5.74, 6) is 6.40. The van der Waals surface area contributed by atoms with Gasteiger partial charge in [-0.3, -0.25) is 9.59 Å². The van der Waals surface area contributed by atoms with Gasteiger partial charge in [-0.15, -0.1) is 0 Å². The molecule has 2 aromatic rings. The van der Waals surface area contributed by atoms with E-state index < -0.39 is 5.60 Å². The summed E-state index contributed by atoms with van der Waals surface area (Å²) in [6.07, 6.45) is -0.331. The van der Waals surface area contributed by atoms with Crippen molar-refractivity contribution in [2.75, 3.05) is 33.3 Å². The third kappa shape index (κ3) is 8.11. The van der Waals surface area contributed by atoms with Gasteiger partial charge in [0.1, 0.15) is 17.9 Å². The zero-order valence-corrected chi connectivity index (χ0v) is 21.8. The Kier molecular flexibility index (Phi) is 9.14. The molecule has 1 atom stereocenters. The average Bonchev–Trinajstić information content (AvgIpc) is 2.99. The summed E-state index contributed by atoms with van der Waals surface area (Å²) in [7, 11) is 1.62. The van der Waals surface area contributed by atoms with Crippen LogP contribution in [0.2, 0.25) is 0 Å². The van der Waals surface area contributed by atoms with Gasteiger partial charge in [-0.25, -0.2) is 0 Å². The molecule has 0 unspecified atom stereocenters. The minimum absolute atomic E-state index is 0.00479. The quantitative estimate of drug-likeness (QED) is 0.600. The number of carbonyl (C=O) groups is 2. The standard InChI is InChI=1S/C29H36N2O5/c1-21(2)16-30-17-26(36-20-23-7-6-8-25(15-23)35-5)18-31(19-27(30)32)28(33)24-11-9-22(10-12-24)13-14-29(3,4)34/h6-12,15,21,26,34H,16-20H2,1-5H3/t26-/m1/s1. The van der Waals surface area contributed by atoms with Crippen LogP contribution in [0, 0.1) is 17.8 Å². The van der Waals surface area contributed by atoms with Crippen LogP contribution >= 0.6 is 0 Å². The lowest BCUT2D eigenvalue weighted by Crippen LogP contribution is -2.40. The molecular weight excluding hydrogens is 456 g/mol. The van der Waals surface area contributed by atoms with Crippen LogP contribution in [0.15, 0.2) is 48.5 Å². The van der Waals surface area contributed by atoms with Crippen molar-refractivity contribution in [3.05, 3.63) is 65.2 Å². The maximum Gasteiger partial charge on any atom is 0.254 e. The van der Waals surface area contributed by atoms with E-state index in [0.29, 0.717) is 43.3 Å². The van der Waals surface area contributed by atoms with E-state index in [9.17, 15) is 14.7 Å². The number of hydrogen-bond donors (Lipinski definition) is 1. The first kappa shape index (κ1) is 27.3. The number of aliphatic hydroxyl groups is 1. The van der Waals surface area contributed by atoms with E-state index in [2.05, 4.69) is 25.7 Å². The summed E-state index contributed by atoms with van der Waals surface area (Å²) in [5, 5.41) is 9.80. The molecule has 7 heteroatoms. The van der Waals surface area contributed by atoms with E-state index in [1.165, 1.54) is 0 Å². The first-order valence-corrected chi connectivity index (χ1v) is 12.2. The second-order valence-corrected chi connectivity index (χ2v) is 10.0. The fourth-order valence-electron chi connectivity index (χ4n) is 3.94. The third-order valence-electron chi connectivity index (χ3n) is 5.66. The first-order chi connectivity index (χ1) is 17.0. The van der Waals surface area contributed by atoms with E-state index >= 15 is 0 Å². The average molecular weight is 493 g/mol. The Hall–Kier alpha value is -3.34. The van der Waals surface area contributed by atoms with E-state index in [1.54, 1.807) is 55.0 Å². The molecule has 0 spiro atoms. The Balaban J connectivity index is 1.76. The third-order valence-corrected chi connectivity index (χ3v) is 5.66. The summed E-state index contributed by atoms with van der Waals surface area (Å²) < 4.78 is 11.5. The normalized spacial score (nSPS) is 16.4. The molecule has 7 nitrogen and oxygen atoms in total. The SMILES string of the molecule is COc1cccc(CO[C@@H]2CN(CC(C)C)C(=O)CN(C(=O)c3ccc(C#CC(C)(C)O)cc3)C2)c1. The van der Waals surface area contributed by atoms with Gasteiger partial charge >= 0.3 is 0 Å². The molecule has 0 bridgehead atoms. The number of rotatable bonds is 7. The molecule has 1 saturated heterocycles. The van der Waals surface area contributed by atoms with Crippen LogP contribution in [-0.2, 0) is 16.1 Å². The molecular formula is C29H36N2O5. The van der Waals surface area contributed by atoms with Gasteiger partial charge in [0.2, 0.25) is 5.91 Å². The molecule has 1 aliphatic rings. The highest BCUT2D eigenvalue weighted by Gasteiger charge is 2.31. The molecule has 1 aliphatic heterocycles. The predicted molar refractivity (Wildman–Crippen MR) is 139 cm³/mol. The summed E-state index contributed by atoms with van der Waals surface area (Å²) in [6, 6.07) is 14.5. The molecule has 1 heterocycles. The fourth-order valence-corrected chi connectivity index (χ4v) is 3.94. The van der Waals surface area contributed by atoms with Crippen molar-refractivity contribution in [2.45, 2.75) is 46.0 Å². The minimum Gasteiger partial charge on any atom is -0.497 e. The van der Waals surface area contributed by atoms with Crippen molar-refractivity contribution in [2.24, 2.45) is 5.92 Å². The number of ether oxygens (including phenoxy) is 2. The summed E-state index contributed by atoms with van der Waals surface area (Å²) in [5.41, 5.74) is 1.03. The van der Waals surface area contributed by atoms with Crippen molar-refractivity contribution < 1.29 is 24.2 Å². The highest BCUT2D eigenvalue weighted by Crippen LogP contribution is 2.18. The molecule has 2 amide bonds. The van der Waals surface area contributed by atoms with Crippen LogP contribution in [0.1, 0.15) is 49.2 Å². The lowest BCUT2D eigenvalue weighted by atomic mass is 10.1. The van der Waals surface area contributed by atoms with Crippen molar-refractivity contribution in [1.82, 2.24) is 9.80 Å². The van der Waals surface area contributed by atoms with Crippen LogP contribution in [0.25, 0.3) is 0 Å². The molecule has 0 aromatic heterocycles. The van der Waals surface area contributed by atoms with Gasteiger partial charge in [0.15, 0.2) is 0 Å². The highest BCUT2D eigenvalue weighted by molar-refractivity contribution is 5.96. The second kappa shape index (κ2) is 12.1. The van der Waals surface area contributed by atoms with Crippen LogP contribution in [0.5, 0.6) is 5.75 Å². The van der Waals surface area contributed by atoms with Gasteiger partial charge in [-0.1, -0.05) is 37.8 Å². The number of amides is 2. The largest absolute Gasteiger partial charge is 0.497 e. The molecule has 3 rings (SSSR count). The Morgan fingerprint density at radius 1 is 1.17 bits per heavy atom.